The van der Waals surface area contributed by atoms with Gasteiger partial charge in [0, 0.05) is 47.0 Å². The lowest BCUT2D eigenvalue weighted by atomic mass is 9.88. The minimum atomic E-state index is -4.51. The van der Waals surface area contributed by atoms with Gasteiger partial charge < -0.3 is 15.6 Å². The average molecular weight is 450 g/mol. The summed E-state index contributed by atoms with van der Waals surface area (Å²) in [5, 5.41) is 6.97. The largest absolute Gasteiger partial charge is 0.401 e. The van der Waals surface area contributed by atoms with Crippen molar-refractivity contribution >= 4 is 16.6 Å². The quantitative estimate of drug-likeness (QED) is 0.504. The molecule has 3 N–H and O–H groups in total. The van der Waals surface area contributed by atoms with E-state index in [1.54, 1.807) is 6.92 Å². The zero-order chi connectivity index (χ0) is 22.6. The Balaban J connectivity index is 1.65. The van der Waals surface area contributed by atoms with Crippen molar-refractivity contribution in [2.45, 2.75) is 37.6 Å². The molecule has 0 spiro atoms. The maximum Gasteiger partial charge on any atom is 0.401 e. The maximum absolute atomic E-state index is 15.3. The van der Waals surface area contributed by atoms with Crippen LogP contribution in [0.4, 0.5) is 27.6 Å². The lowest BCUT2D eigenvalue weighted by Crippen LogP contribution is -2.51. The van der Waals surface area contributed by atoms with Crippen LogP contribution in [0.25, 0.3) is 10.9 Å². The van der Waals surface area contributed by atoms with Crippen LogP contribution in [0.15, 0.2) is 36.4 Å². The van der Waals surface area contributed by atoms with E-state index in [9.17, 15) is 13.2 Å². The van der Waals surface area contributed by atoms with E-state index >= 15 is 8.78 Å². The highest BCUT2D eigenvalue weighted by Crippen LogP contribution is 2.43. The molecule has 32 heavy (non-hydrogen) atoms. The molecule has 2 aliphatic rings. The minimum absolute atomic E-state index is 0.0661. The van der Waals surface area contributed by atoms with Crippen molar-refractivity contribution < 1.29 is 22.0 Å². The smallest absolute Gasteiger partial charge is 0.380 e. The molecule has 2 atom stereocenters. The summed E-state index contributed by atoms with van der Waals surface area (Å²) in [4.78, 5) is 4.30. The van der Waals surface area contributed by atoms with E-state index in [1.165, 1.54) is 12.1 Å². The Bertz CT molecular complexity index is 1130. The molecule has 1 saturated heterocycles. The van der Waals surface area contributed by atoms with Crippen molar-refractivity contribution in [3.05, 3.63) is 64.9 Å². The summed E-state index contributed by atoms with van der Waals surface area (Å²) in [6.45, 7) is 1.77. The van der Waals surface area contributed by atoms with Crippen molar-refractivity contribution in [3.63, 3.8) is 0 Å². The second-order valence-electron chi connectivity index (χ2n) is 8.66. The van der Waals surface area contributed by atoms with Gasteiger partial charge in [0.2, 0.25) is 0 Å². The fourth-order valence-electron chi connectivity index (χ4n) is 4.83. The van der Waals surface area contributed by atoms with Gasteiger partial charge in [0.1, 0.15) is 11.6 Å². The molecule has 5 rings (SSSR count). The van der Waals surface area contributed by atoms with E-state index in [4.69, 9.17) is 0 Å². The SMILES string of the molecule is C[C@@H]1Cc2c([nH]c3ccccc23)C(c2c(F)cc(NC3CNC3)cc2F)N1CC(F)(F)F. The standard InChI is InChI=1S/C23H23F5N4/c1-12-6-16-15-4-2-3-5-19(15)31-21(16)22(32(12)11-23(26,27)28)20-17(24)7-13(8-18(20)25)30-14-9-29-10-14/h2-5,7-8,12,14,22,29-31H,6,9-11H2,1H3/t12-,22?/m1/s1. The van der Waals surface area contributed by atoms with Crippen molar-refractivity contribution in [2.75, 3.05) is 25.0 Å². The number of hydrogen-bond acceptors (Lipinski definition) is 3. The Morgan fingerprint density at radius 1 is 1.09 bits per heavy atom. The Kier molecular flexibility index (Phi) is 5.13. The third-order valence-electron chi connectivity index (χ3n) is 6.38. The van der Waals surface area contributed by atoms with E-state index in [2.05, 4.69) is 15.6 Å². The van der Waals surface area contributed by atoms with Crippen molar-refractivity contribution in [1.82, 2.24) is 15.2 Å². The summed E-state index contributed by atoms with van der Waals surface area (Å²) < 4.78 is 71.1. The molecule has 1 unspecified atom stereocenters. The first-order chi connectivity index (χ1) is 15.2. The first-order valence-electron chi connectivity index (χ1n) is 10.6. The zero-order valence-corrected chi connectivity index (χ0v) is 17.4. The number of H-pyrrole nitrogens is 1. The van der Waals surface area contributed by atoms with Crippen LogP contribution in [0.2, 0.25) is 0 Å². The number of rotatable bonds is 4. The number of anilines is 1. The number of hydrogen-bond donors (Lipinski definition) is 3. The van der Waals surface area contributed by atoms with E-state index in [-0.39, 0.29) is 17.3 Å². The molecular formula is C23H23F5N4. The molecule has 0 saturated carbocycles. The minimum Gasteiger partial charge on any atom is -0.380 e. The molecule has 2 aliphatic heterocycles. The number of benzene rings is 2. The topological polar surface area (TPSA) is 43.1 Å². The number of alkyl halides is 3. The predicted octanol–water partition coefficient (Wildman–Crippen LogP) is 4.73. The number of nitrogens with one attached hydrogen (secondary N) is 3. The predicted molar refractivity (Wildman–Crippen MR) is 113 cm³/mol. The molecule has 3 heterocycles. The van der Waals surface area contributed by atoms with E-state index in [0.717, 1.165) is 21.4 Å². The van der Waals surface area contributed by atoms with Crippen LogP contribution in [-0.2, 0) is 6.42 Å². The molecule has 0 aliphatic carbocycles. The highest BCUT2D eigenvalue weighted by atomic mass is 19.4. The summed E-state index contributed by atoms with van der Waals surface area (Å²) in [6.07, 6.45) is -4.16. The van der Waals surface area contributed by atoms with Gasteiger partial charge in [-0.2, -0.15) is 13.2 Å². The summed E-state index contributed by atoms with van der Waals surface area (Å²) in [5.41, 5.74) is 1.86. The lowest BCUT2D eigenvalue weighted by molar-refractivity contribution is -0.155. The first-order valence-corrected chi connectivity index (χ1v) is 10.6. The number of aromatic nitrogens is 1. The maximum atomic E-state index is 15.3. The molecule has 1 fully saturated rings. The van der Waals surface area contributed by atoms with Crippen LogP contribution in [0.5, 0.6) is 0 Å². The van der Waals surface area contributed by atoms with Gasteiger partial charge in [-0.25, -0.2) is 8.78 Å². The highest BCUT2D eigenvalue weighted by molar-refractivity contribution is 5.85. The van der Waals surface area contributed by atoms with Crippen LogP contribution in [0.3, 0.4) is 0 Å². The lowest BCUT2D eigenvalue weighted by Gasteiger charge is -2.41. The zero-order valence-electron chi connectivity index (χ0n) is 17.4. The Morgan fingerprint density at radius 2 is 1.78 bits per heavy atom. The fourth-order valence-corrected chi connectivity index (χ4v) is 4.83. The van der Waals surface area contributed by atoms with Gasteiger partial charge >= 0.3 is 6.18 Å². The Labute approximate surface area is 181 Å². The van der Waals surface area contributed by atoms with Gasteiger partial charge in [-0.3, -0.25) is 4.90 Å². The molecule has 1 aromatic heterocycles. The highest BCUT2D eigenvalue weighted by Gasteiger charge is 2.43. The second kappa shape index (κ2) is 7.74. The van der Waals surface area contributed by atoms with Gasteiger partial charge in [-0.15, -0.1) is 0 Å². The van der Waals surface area contributed by atoms with Crippen LogP contribution in [0.1, 0.15) is 29.8 Å². The van der Waals surface area contributed by atoms with Crippen LogP contribution >= 0.6 is 0 Å². The Hall–Kier alpha value is -2.65. The molecule has 4 nitrogen and oxygen atoms in total. The molecule has 0 radical (unpaired) electrons. The number of nitrogens with zero attached hydrogens (tertiary/aromatic N) is 1. The van der Waals surface area contributed by atoms with E-state index in [0.29, 0.717) is 25.2 Å². The van der Waals surface area contributed by atoms with Gasteiger partial charge in [0.15, 0.2) is 0 Å². The molecular weight excluding hydrogens is 427 g/mol. The molecule has 3 aromatic rings. The molecule has 9 heteroatoms. The van der Waals surface area contributed by atoms with Crippen LogP contribution < -0.4 is 10.6 Å². The van der Waals surface area contributed by atoms with E-state index in [1.807, 2.05) is 24.3 Å². The van der Waals surface area contributed by atoms with Gasteiger partial charge in [-0.1, -0.05) is 18.2 Å². The van der Waals surface area contributed by atoms with Crippen LogP contribution in [0, 0.1) is 11.6 Å². The third kappa shape index (κ3) is 3.73. The Morgan fingerprint density at radius 3 is 2.41 bits per heavy atom. The number of fused-ring (bicyclic) bond motifs is 3. The summed E-state index contributed by atoms with van der Waals surface area (Å²) in [5.74, 6) is -1.73. The summed E-state index contributed by atoms with van der Waals surface area (Å²) >= 11 is 0. The normalized spacial score (nSPS) is 22.1. The second-order valence-corrected chi connectivity index (χ2v) is 8.66. The molecule has 0 bridgehead atoms. The van der Waals surface area contributed by atoms with Crippen molar-refractivity contribution in [2.24, 2.45) is 0 Å². The number of para-hydroxylation sites is 1. The van der Waals surface area contributed by atoms with Crippen molar-refractivity contribution in [3.8, 4) is 0 Å². The average Bonchev–Trinajstić information content (AvgIpc) is 3.04. The van der Waals surface area contributed by atoms with Gasteiger partial charge in [-0.05, 0) is 37.1 Å². The fraction of sp³-hybridized carbons (Fsp3) is 0.391. The summed E-state index contributed by atoms with van der Waals surface area (Å²) in [7, 11) is 0. The van der Waals surface area contributed by atoms with Gasteiger partial charge in [0.25, 0.3) is 0 Å². The van der Waals surface area contributed by atoms with Gasteiger partial charge in [0.05, 0.1) is 18.6 Å². The van der Waals surface area contributed by atoms with Crippen molar-refractivity contribution in [1.29, 1.82) is 0 Å². The number of halogens is 5. The molecule has 2 aromatic carbocycles. The number of aromatic amines is 1. The third-order valence-corrected chi connectivity index (χ3v) is 6.38. The molecule has 170 valence electrons. The monoisotopic (exact) mass is 450 g/mol. The van der Waals surface area contributed by atoms with E-state index < -0.39 is 36.4 Å². The first kappa shape index (κ1) is 21.2. The summed E-state index contributed by atoms with van der Waals surface area (Å²) in [6, 6.07) is 7.97. The van der Waals surface area contributed by atoms with Crippen LogP contribution in [-0.4, -0.2) is 47.8 Å². The molecule has 0 amide bonds.